The summed E-state index contributed by atoms with van der Waals surface area (Å²) in [7, 11) is 2.08. The summed E-state index contributed by atoms with van der Waals surface area (Å²) in [6.45, 7) is 1.67. The highest BCUT2D eigenvalue weighted by molar-refractivity contribution is 6.32. The predicted octanol–water partition coefficient (Wildman–Crippen LogP) is 6.28. The number of pyridine rings is 1. The van der Waals surface area contributed by atoms with Crippen molar-refractivity contribution in [1.82, 2.24) is 4.98 Å². The summed E-state index contributed by atoms with van der Waals surface area (Å²) in [5, 5.41) is 2.17. The lowest BCUT2D eigenvalue weighted by atomic mass is 10.1. The second-order valence-corrected chi connectivity index (χ2v) is 7.18. The van der Waals surface area contributed by atoms with Gasteiger partial charge in [0.1, 0.15) is 11.3 Å². The fourth-order valence-corrected chi connectivity index (χ4v) is 3.25. The first-order valence-corrected chi connectivity index (χ1v) is 9.93. The molecule has 0 atom stereocenters. The zero-order valence-electron chi connectivity index (χ0n) is 18.2. The van der Waals surface area contributed by atoms with E-state index < -0.39 is 58.2 Å². The Hall–Kier alpha value is -3.80. The maximum Gasteiger partial charge on any atom is 0.573 e. The molecule has 0 spiro atoms. The molecule has 0 aliphatic heterocycles. The quantitative estimate of drug-likeness (QED) is 0.371. The van der Waals surface area contributed by atoms with Gasteiger partial charge in [0.15, 0.2) is 23.1 Å². The van der Waals surface area contributed by atoms with Gasteiger partial charge >= 0.3 is 6.36 Å². The van der Waals surface area contributed by atoms with Gasteiger partial charge in [-0.05, 0) is 31.2 Å². The van der Waals surface area contributed by atoms with Crippen molar-refractivity contribution >= 4 is 23.2 Å². The number of hydrogen-bond acceptors (Lipinski definition) is 6. The van der Waals surface area contributed by atoms with Crippen molar-refractivity contribution in [3.63, 3.8) is 0 Å². The van der Waals surface area contributed by atoms with Crippen molar-refractivity contribution in [2.75, 3.05) is 19.5 Å². The lowest BCUT2D eigenvalue weighted by Crippen LogP contribution is -2.18. The smallest absolute Gasteiger partial charge is 0.492 e. The van der Waals surface area contributed by atoms with Crippen molar-refractivity contribution in [3.05, 3.63) is 64.4 Å². The third-order valence-electron chi connectivity index (χ3n) is 4.40. The minimum Gasteiger partial charge on any atom is -0.492 e. The average Bonchev–Trinajstić information content (AvgIpc) is 2.75. The summed E-state index contributed by atoms with van der Waals surface area (Å²) < 4.78 is 86.2. The van der Waals surface area contributed by atoms with E-state index in [1.165, 1.54) is 18.3 Å². The van der Waals surface area contributed by atoms with Gasteiger partial charge in [0.05, 0.1) is 19.2 Å². The number of benzene rings is 2. The summed E-state index contributed by atoms with van der Waals surface area (Å²) in [4.78, 5) is 17.0. The van der Waals surface area contributed by atoms with Crippen molar-refractivity contribution in [2.45, 2.75) is 13.3 Å². The highest BCUT2D eigenvalue weighted by Crippen LogP contribution is 2.43. The van der Waals surface area contributed by atoms with Crippen LogP contribution in [0.4, 0.5) is 27.6 Å². The predicted molar refractivity (Wildman–Crippen MR) is 115 cm³/mol. The molecule has 3 rings (SSSR count). The van der Waals surface area contributed by atoms with Crippen molar-refractivity contribution in [2.24, 2.45) is 0 Å². The molecule has 13 heteroatoms. The Morgan fingerprint density at radius 3 is 2.23 bits per heavy atom. The van der Waals surface area contributed by atoms with Crippen LogP contribution in [0.2, 0.25) is 5.02 Å². The number of anilines is 1. The maximum atomic E-state index is 15.2. The van der Waals surface area contributed by atoms with Crippen molar-refractivity contribution in [3.8, 4) is 28.7 Å². The zero-order chi connectivity index (χ0) is 25.9. The molecule has 0 saturated heterocycles. The van der Waals surface area contributed by atoms with Crippen LogP contribution in [0.15, 0.2) is 36.5 Å². The van der Waals surface area contributed by atoms with Gasteiger partial charge in [0.25, 0.3) is 5.91 Å². The van der Waals surface area contributed by atoms with Gasteiger partial charge in [0, 0.05) is 23.6 Å². The minimum atomic E-state index is -5.17. The van der Waals surface area contributed by atoms with Crippen LogP contribution in [0.3, 0.4) is 0 Å². The topological polar surface area (TPSA) is 78.9 Å². The lowest BCUT2D eigenvalue weighted by Gasteiger charge is -2.18. The van der Waals surface area contributed by atoms with Gasteiger partial charge in [-0.15, -0.1) is 13.2 Å². The average molecular weight is 519 g/mol. The van der Waals surface area contributed by atoms with Crippen molar-refractivity contribution in [1.29, 1.82) is 0 Å². The molecular weight excluding hydrogens is 503 g/mol. The van der Waals surface area contributed by atoms with E-state index in [2.05, 4.69) is 15.0 Å². The molecule has 7 nitrogen and oxygen atoms in total. The van der Waals surface area contributed by atoms with E-state index in [1.807, 2.05) is 0 Å². The first kappa shape index (κ1) is 25.8. The Labute approximate surface area is 200 Å². The third kappa shape index (κ3) is 5.83. The highest BCUT2D eigenvalue weighted by Gasteiger charge is 2.34. The third-order valence-corrected chi connectivity index (χ3v) is 4.68. The number of nitrogens with one attached hydrogen (secondary N) is 1. The van der Waals surface area contributed by atoms with Crippen LogP contribution in [-0.4, -0.2) is 31.5 Å². The van der Waals surface area contributed by atoms with E-state index in [4.69, 9.17) is 25.8 Å². The molecule has 0 bridgehead atoms. The Bertz CT molecular complexity index is 1270. The molecule has 35 heavy (non-hydrogen) atoms. The van der Waals surface area contributed by atoms with E-state index in [0.29, 0.717) is 11.8 Å². The molecule has 0 fully saturated rings. The van der Waals surface area contributed by atoms with Crippen LogP contribution >= 0.6 is 11.6 Å². The van der Waals surface area contributed by atoms with E-state index in [-0.39, 0.29) is 10.7 Å². The number of carbonyl (C=O) groups excluding carboxylic acids is 1. The Balaban J connectivity index is 2.08. The van der Waals surface area contributed by atoms with Gasteiger partial charge in [-0.25, -0.2) is 4.39 Å². The molecule has 186 valence electrons. The second-order valence-electron chi connectivity index (χ2n) is 6.78. The standard InChI is InChI=1S/C22H16ClF5N2O5/c1-10-8-11(6-7-29-10)30-21(31)16-15(9-12(23)19(32-2)18(16)25)34-14-5-4-13(35-22(26,27)28)17(24)20(14)33-3/h4-9H,1-3H3,(H,29,30,31). The number of amides is 1. The monoisotopic (exact) mass is 518 g/mol. The van der Waals surface area contributed by atoms with E-state index in [9.17, 15) is 22.4 Å². The Morgan fingerprint density at radius 1 is 0.971 bits per heavy atom. The molecule has 0 unspecified atom stereocenters. The molecule has 1 aromatic heterocycles. The number of rotatable bonds is 7. The molecule has 0 saturated carbocycles. The molecule has 1 amide bonds. The van der Waals surface area contributed by atoms with Gasteiger partial charge in [-0.1, -0.05) is 11.6 Å². The summed E-state index contributed by atoms with van der Waals surface area (Å²) in [6, 6.07) is 5.50. The summed E-state index contributed by atoms with van der Waals surface area (Å²) in [6.07, 6.45) is -3.75. The number of hydrogen-bond donors (Lipinski definition) is 1. The summed E-state index contributed by atoms with van der Waals surface area (Å²) in [5.74, 6) is -7.18. The highest BCUT2D eigenvalue weighted by atomic mass is 35.5. The van der Waals surface area contributed by atoms with Crippen LogP contribution in [0.5, 0.6) is 28.7 Å². The molecule has 1 heterocycles. The molecule has 3 aromatic rings. The molecule has 0 aliphatic carbocycles. The maximum absolute atomic E-state index is 15.2. The van der Waals surface area contributed by atoms with E-state index in [1.54, 1.807) is 6.92 Å². The first-order valence-electron chi connectivity index (χ1n) is 9.55. The number of carbonyl (C=O) groups is 1. The number of halogens is 6. The van der Waals surface area contributed by atoms with Gasteiger partial charge in [-0.3, -0.25) is 9.78 Å². The van der Waals surface area contributed by atoms with Crippen LogP contribution < -0.4 is 24.3 Å². The van der Waals surface area contributed by atoms with Crippen molar-refractivity contribution < 1.29 is 45.7 Å². The molecular formula is C22H16ClF5N2O5. The number of methoxy groups -OCH3 is 2. The van der Waals surface area contributed by atoms with Crippen LogP contribution in [0, 0.1) is 18.6 Å². The summed E-state index contributed by atoms with van der Waals surface area (Å²) in [5.41, 5.74) is 0.160. The number of aromatic nitrogens is 1. The van der Waals surface area contributed by atoms with Gasteiger partial charge in [-0.2, -0.15) is 4.39 Å². The van der Waals surface area contributed by atoms with Gasteiger partial charge < -0.3 is 24.3 Å². The second kappa shape index (κ2) is 10.2. The largest absolute Gasteiger partial charge is 0.573 e. The lowest BCUT2D eigenvalue weighted by molar-refractivity contribution is -0.275. The Kier molecular flexibility index (Phi) is 7.54. The Morgan fingerprint density at radius 2 is 1.63 bits per heavy atom. The fraction of sp³-hybridized carbons (Fsp3) is 0.182. The van der Waals surface area contributed by atoms with Gasteiger partial charge in [0.2, 0.25) is 11.6 Å². The fourth-order valence-electron chi connectivity index (χ4n) is 2.99. The molecule has 0 radical (unpaired) electrons. The van der Waals surface area contributed by atoms with Crippen LogP contribution in [0.25, 0.3) is 0 Å². The number of nitrogens with zero attached hydrogens (tertiary/aromatic N) is 1. The summed E-state index contributed by atoms with van der Waals surface area (Å²) >= 11 is 6.03. The number of alkyl halides is 3. The SMILES string of the molecule is COc1c(Cl)cc(Oc2ccc(OC(F)(F)F)c(F)c2OC)c(C(=O)Nc2ccnc(C)c2)c1F. The zero-order valence-corrected chi connectivity index (χ0v) is 19.0. The van der Waals surface area contributed by atoms with E-state index >= 15 is 4.39 Å². The van der Waals surface area contributed by atoms with E-state index in [0.717, 1.165) is 26.4 Å². The molecule has 2 aromatic carbocycles. The normalized spacial score (nSPS) is 11.1. The molecule has 1 N–H and O–H groups in total. The number of aryl methyl sites for hydroxylation is 1. The first-order chi connectivity index (χ1) is 16.4. The van der Waals surface area contributed by atoms with Crippen LogP contribution in [-0.2, 0) is 0 Å². The van der Waals surface area contributed by atoms with Crippen LogP contribution in [0.1, 0.15) is 16.1 Å². The molecule has 0 aliphatic rings. The number of ether oxygens (including phenoxy) is 4. The minimum absolute atomic E-state index is 0.277.